The highest BCUT2D eigenvalue weighted by Gasteiger charge is 2.26. The number of sulfonamides is 1. The van der Waals surface area contributed by atoms with Crippen LogP contribution in [0.5, 0.6) is 0 Å². The zero-order chi connectivity index (χ0) is 14.8. The van der Waals surface area contributed by atoms with Crippen LogP contribution in [-0.4, -0.2) is 21.0 Å². The summed E-state index contributed by atoms with van der Waals surface area (Å²) in [4.78, 5) is 0.381. The molecule has 0 heterocycles. The maximum atomic E-state index is 12.5. The second-order valence-electron chi connectivity index (χ2n) is 5.23. The number of hydrogen-bond donors (Lipinski definition) is 2. The first-order valence-corrected chi connectivity index (χ1v) is 9.23. The fourth-order valence-corrected chi connectivity index (χ4v) is 4.43. The van der Waals surface area contributed by atoms with Crippen LogP contribution in [0, 0.1) is 6.92 Å². The molecule has 112 valence electrons. The van der Waals surface area contributed by atoms with Crippen LogP contribution in [0.25, 0.3) is 0 Å². The summed E-state index contributed by atoms with van der Waals surface area (Å²) in [7, 11) is -3.43. The molecule has 0 unspecified atom stereocenters. The molecule has 1 fully saturated rings. The van der Waals surface area contributed by atoms with Crippen LogP contribution in [0.15, 0.2) is 21.5 Å². The second kappa shape index (κ2) is 6.56. The van der Waals surface area contributed by atoms with Gasteiger partial charge < -0.3 is 5.32 Å². The molecule has 1 aromatic rings. The van der Waals surface area contributed by atoms with E-state index in [0.29, 0.717) is 11.4 Å². The molecule has 4 nitrogen and oxygen atoms in total. The molecule has 0 spiro atoms. The van der Waals surface area contributed by atoms with Crippen LogP contribution >= 0.6 is 15.9 Å². The third kappa shape index (κ3) is 3.61. The molecule has 1 saturated carbocycles. The van der Waals surface area contributed by atoms with Gasteiger partial charge in [-0.1, -0.05) is 29.3 Å². The Morgan fingerprint density at radius 2 is 2.05 bits per heavy atom. The van der Waals surface area contributed by atoms with Crippen LogP contribution in [0.2, 0.25) is 0 Å². The van der Waals surface area contributed by atoms with Gasteiger partial charge in [0, 0.05) is 17.1 Å². The average molecular weight is 361 g/mol. The van der Waals surface area contributed by atoms with E-state index in [-0.39, 0.29) is 6.04 Å². The summed E-state index contributed by atoms with van der Waals surface area (Å²) in [5.74, 6) is 0. The predicted molar refractivity (Wildman–Crippen MR) is 84.2 cm³/mol. The molecule has 0 bridgehead atoms. The molecule has 0 saturated heterocycles. The van der Waals surface area contributed by atoms with E-state index in [2.05, 4.69) is 26.0 Å². The van der Waals surface area contributed by atoms with Crippen LogP contribution in [0.3, 0.4) is 0 Å². The summed E-state index contributed by atoms with van der Waals surface area (Å²) in [6.45, 7) is 5.38. The smallest absolute Gasteiger partial charge is 0.241 e. The van der Waals surface area contributed by atoms with Gasteiger partial charge in [0.1, 0.15) is 0 Å². The summed E-state index contributed by atoms with van der Waals surface area (Å²) in [6.07, 6.45) is 2.99. The molecule has 20 heavy (non-hydrogen) atoms. The van der Waals surface area contributed by atoms with Gasteiger partial charge in [-0.05, 0) is 49.6 Å². The first-order valence-electron chi connectivity index (χ1n) is 6.96. The van der Waals surface area contributed by atoms with Crippen molar-refractivity contribution in [2.24, 2.45) is 0 Å². The van der Waals surface area contributed by atoms with Crippen molar-refractivity contribution in [3.8, 4) is 0 Å². The third-order valence-electron chi connectivity index (χ3n) is 3.65. The maximum Gasteiger partial charge on any atom is 0.241 e. The summed E-state index contributed by atoms with van der Waals surface area (Å²) >= 11 is 3.46. The molecule has 2 N–H and O–H groups in total. The van der Waals surface area contributed by atoms with Gasteiger partial charge in [0.2, 0.25) is 10.0 Å². The van der Waals surface area contributed by atoms with Crippen molar-refractivity contribution < 1.29 is 8.42 Å². The van der Waals surface area contributed by atoms with Gasteiger partial charge in [0.25, 0.3) is 0 Å². The van der Waals surface area contributed by atoms with Crippen molar-refractivity contribution in [3.63, 3.8) is 0 Å². The quantitative estimate of drug-likeness (QED) is 0.819. The molecule has 0 aliphatic heterocycles. The maximum absolute atomic E-state index is 12.5. The Kier molecular flexibility index (Phi) is 5.23. The minimum atomic E-state index is -3.43. The van der Waals surface area contributed by atoms with E-state index >= 15 is 0 Å². The Morgan fingerprint density at radius 1 is 1.35 bits per heavy atom. The minimum absolute atomic E-state index is 0.107. The van der Waals surface area contributed by atoms with E-state index < -0.39 is 10.0 Å². The van der Waals surface area contributed by atoms with Gasteiger partial charge in [-0.2, -0.15) is 0 Å². The van der Waals surface area contributed by atoms with Crippen LogP contribution in [0.1, 0.15) is 37.3 Å². The minimum Gasteiger partial charge on any atom is -0.313 e. The Balaban J connectivity index is 2.30. The summed E-state index contributed by atoms with van der Waals surface area (Å²) in [6, 6.07) is 3.85. The number of hydrogen-bond acceptors (Lipinski definition) is 3. The van der Waals surface area contributed by atoms with Crippen molar-refractivity contribution in [1.29, 1.82) is 0 Å². The second-order valence-corrected chi connectivity index (χ2v) is 7.77. The Hall–Kier alpha value is -0.430. The standard InChI is InChI=1S/C14H21BrN2O2S/c1-3-16-9-11-7-13(15)10(2)14(8-11)20(18,19)17-12-5-4-6-12/h7-8,12,16-17H,3-6,9H2,1-2H3. The van der Waals surface area contributed by atoms with Gasteiger partial charge in [-0.25, -0.2) is 13.1 Å². The molecule has 1 aliphatic carbocycles. The summed E-state index contributed by atoms with van der Waals surface area (Å²) in [5, 5.41) is 3.22. The van der Waals surface area contributed by atoms with E-state index in [1.54, 1.807) is 6.07 Å². The highest BCUT2D eigenvalue weighted by Crippen LogP contribution is 2.27. The Labute approximate surface area is 129 Å². The lowest BCUT2D eigenvalue weighted by Crippen LogP contribution is -2.39. The lowest BCUT2D eigenvalue weighted by molar-refractivity contribution is 0.383. The van der Waals surface area contributed by atoms with E-state index in [9.17, 15) is 8.42 Å². The first-order chi connectivity index (χ1) is 9.44. The third-order valence-corrected chi connectivity index (χ3v) is 6.12. The molecule has 2 rings (SSSR count). The molecule has 0 aromatic heterocycles. The monoisotopic (exact) mass is 360 g/mol. The van der Waals surface area contributed by atoms with Gasteiger partial charge in [0.15, 0.2) is 0 Å². The van der Waals surface area contributed by atoms with Crippen LogP contribution < -0.4 is 10.0 Å². The van der Waals surface area contributed by atoms with Gasteiger partial charge in [0.05, 0.1) is 4.90 Å². The Morgan fingerprint density at radius 3 is 2.60 bits per heavy atom. The van der Waals surface area contributed by atoms with Crippen molar-refractivity contribution in [2.75, 3.05) is 6.54 Å². The molecule has 6 heteroatoms. The van der Waals surface area contributed by atoms with Gasteiger partial charge in [-0.3, -0.25) is 0 Å². The lowest BCUT2D eigenvalue weighted by atomic mass is 9.94. The van der Waals surface area contributed by atoms with Crippen LogP contribution in [0.4, 0.5) is 0 Å². The largest absolute Gasteiger partial charge is 0.313 e. The summed E-state index contributed by atoms with van der Waals surface area (Å²) in [5.41, 5.74) is 1.73. The fourth-order valence-electron chi connectivity index (χ4n) is 2.17. The normalized spacial score (nSPS) is 16.1. The van der Waals surface area contributed by atoms with Crippen LogP contribution in [-0.2, 0) is 16.6 Å². The number of benzene rings is 1. The fraction of sp³-hybridized carbons (Fsp3) is 0.571. The van der Waals surface area contributed by atoms with E-state index in [0.717, 1.165) is 41.4 Å². The zero-order valence-corrected chi connectivity index (χ0v) is 14.3. The van der Waals surface area contributed by atoms with Crippen molar-refractivity contribution in [1.82, 2.24) is 10.0 Å². The lowest BCUT2D eigenvalue weighted by Gasteiger charge is -2.26. The first kappa shape index (κ1) is 15.9. The zero-order valence-electron chi connectivity index (χ0n) is 11.9. The van der Waals surface area contributed by atoms with Crippen molar-refractivity contribution in [2.45, 2.75) is 50.6 Å². The number of rotatable bonds is 6. The van der Waals surface area contributed by atoms with Gasteiger partial charge >= 0.3 is 0 Å². The SMILES string of the molecule is CCNCc1cc(Br)c(C)c(S(=O)(=O)NC2CCC2)c1. The van der Waals surface area contributed by atoms with Gasteiger partial charge in [-0.15, -0.1) is 0 Å². The number of nitrogens with one attached hydrogen (secondary N) is 2. The van der Waals surface area contributed by atoms with E-state index in [4.69, 9.17) is 0 Å². The topological polar surface area (TPSA) is 58.2 Å². The highest BCUT2D eigenvalue weighted by atomic mass is 79.9. The van der Waals surface area contributed by atoms with Crippen molar-refractivity contribution in [3.05, 3.63) is 27.7 Å². The van der Waals surface area contributed by atoms with E-state index in [1.165, 1.54) is 0 Å². The molecule has 1 aromatic carbocycles. The molecule has 0 amide bonds. The molecule has 0 radical (unpaired) electrons. The molecular weight excluding hydrogens is 340 g/mol. The summed E-state index contributed by atoms with van der Waals surface area (Å²) < 4.78 is 28.6. The highest BCUT2D eigenvalue weighted by molar-refractivity contribution is 9.10. The average Bonchev–Trinajstić information content (AvgIpc) is 2.35. The molecule has 0 atom stereocenters. The van der Waals surface area contributed by atoms with Crippen molar-refractivity contribution >= 4 is 26.0 Å². The number of halogens is 1. The predicted octanol–water partition coefficient (Wildman–Crippen LogP) is 2.70. The Bertz CT molecular complexity index is 583. The van der Waals surface area contributed by atoms with E-state index in [1.807, 2.05) is 19.9 Å². The molecule has 1 aliphatic rings. The molecular formula is C14H21BrN2O2S.